The van der Waals surface area contributed by atoms with Gasteiger partial charge in [0.2, 0.25) is 5.91 Å². The highest BCUT2D eigenvalue weighted by Crippen LogP contribution is 2.22. The molecule has 1 heterocycles. The molecular weight excluding hydrogens is 320 g/mol. The van der Waals surface area contributed by atoms with Gasteiger partial charge < -0.3 is 19.7 Å². The Labute approximate surface area is 149 Å². The van der Waals surface area contributed by atoms with Crippen LogP contribution in [0.2, 0.25) is 0 Å². The van der Waals surface area contributed by atoms with Gasteiger partial charge in [0.1, 0.15) is 17.5 Å². The minimum atomic E-state index is -0.490. The van der Waals surface area contributed by atoms with Gasteiger partial charge in [0.25, 0.3) is 0 Å². The number of nitrogens with one attached hydrogen (secondary N) is 1. The van der Waals surface area contributed by atoms with Crippen molar-refractivity contribution >= 4 is 12.0 Å². The lowest BCUT2D eigenvalue weighted by atomic mass is 10.1. The van der Waals surface area contributed by atoms with Gasteiger partial charge in [-0.1, -0.05) is 12.1 Å². The lowest BCUT2D eigenvalue weighted by Gasteiger charge is -2.24. The average Bonchev–Trinajstić information content (AvgIpc) is 2.94. The van der Waals surface area contributed by atoms with E-state index in [9.17, 15) is 9.59 Å². The van der Waals surface area contributed by atoms with Gasteiger partial charge in [0, 0.05) is 19.9 Å². The monoisotopic (exact) mass is 348 g/mol. The van der Waals surface area contributed by atoms with Crippen LogP contribution in [0.25, 0.3) is 0 Å². The van der Waals surface area contributed by atoms with Crippen LogP contribution in [0.15, 0.2) is 24.3 Å². The van der Waals surface area contributed by atoms with E-state index in [1.807, 2.05) is 52.0 Å². The number of rotatable bonds is 4. The molecule has 2 amide bonds. The van der Waals surface area contributed by atoms with Crippen molar-refractivity contribution in [1.82, 2.24) is 10.2 Å². The molecular formula is C19H28N2O4. The van der Waals surface area contributed by atoms with E-state index in [2.05, 4.69) is 5.32 Å². The summed E-state index contributed by atoms with van der Waals surface area (Å²) >= 11 is 0. The number of nitrogens with zero attached hydrogens (tertiary/aromatic N) is 1. The van der Waals surface area contributed by atoms with Gasteiger partial charge in [-0.2, -0.15) is 0 Å². The van der Waals surface area contributed by atoms with E-state index >= 15 is 0 Å². The van der Waals surface area contributed by atoms with Gasteiger partial charge in [0.15, 0.2) is 0 Å². The quantitative estimate of drug-likeness (QED) is 0.907. The Hall–Kier alpha value is -2.24. The van der Waals surface area contributed by atoms with E-state index in [-0.39, 0.29) is 24.1 Å². The highest BCUT2D eigenvalue weighted by molar-refractivity contribution is 5.73. The second kappa shape index (κ2) is 7.76. The minimum absolute atomic E-state index is 0.0360. The molecule has 0 spiro atoms. The number of carbonyl (C=O) groups excluding carboxylic acids is 2. The fourth-order valence-corrected chi connectivity index (χ4v) is 2.73. The third kappa shape index (κ3) is 5.96. The molecule has 6 heteroatoms. The minimum Gasteiger partial charge on any atom is -0.489 e. The number of carbonyl (C=O) groups is 2. The van der Waals surface area contributed by atoms with E-state index in [0.29, 0.717) is 13.1 Å². The molecule has 1 aliphatic heterocycles. The van der Waals surface area contributed by atoms with Crippen LogP contribution >= 0.6 is 0 Å². The van der Waals surface area contributed by atoms with Crippen molar-refractivity contribution in [3.8, 4) is 5.75 Å². The van der Waals surface area contributed by atoms with Crippen LogP contribution in [-0.4, -0.2) is 41.7 Å². The molecule has 0 unspecified atom stereocenters. The molecule has 1 N–H and O–H groups in total. The van der Waals surface area contributed by atoms with Crippen LogP contribution in [-0.2, 0) is 9.53 Å². The van der Waals surface area contributed by atoms with E-state index in [4.69, 9.17) is 9.47 Å². The van der Waals surface area contributed by atoms with Crippen molar-refractivity contribution in [2.24, 2.45) is 0 Å². The Morgan fingerprint density at radius 1 is 1.24 bits per heavy atom. The van der Waals surface area contributed by atoms with Crippen molar-refractivity contribution in [3.63, 3.8) is 0 Å². The van der Waals surface area contributed by atoms with Gasteiger partial charge in [-0.3, -0.25) is 4.79 Å². The summed E-state index contributed by atoms with van der Waals surface area (Å²) in [5.74, 6) is 0.704. The van der Waals surface area contributed by atoms with Crippen LogP contribution in [0, 0.1) is 0 Å². The maximum Gasteiger partial charge on any atom is 0.410 e. The summed E-state index contributed by atoms with van der Waals surface area (Å²) in [5.41, 5.74) is 0.528. The predicted molar refractivity (Wildman–Crippen MR) is 95.5 cm³/mol. The van der Waals surface area contributed by atoms with Crippen molar-refractivity contribution in [2.75, 3.05) is 13.1 Å². The number of amides is 2. The Morgan fingerprint density at radius 3 is 2.44 bits per heavy atom. The van der Waals surface area contributed by atoms with E-state index < -0.39 is 5.60 Å². The lowest BCUT2D eigenvalue weighted by Crippen LogP contribution is -2.36. The third-order valence-corrected chi connectivity index (χ3v) is 3.90. The molecule has 138 valence electrons. The average molecular weight is 348 g/mol. The molecule has 1 saturated heterocycles. The molecule has 1 aliphatic rings. The summed E-state index contributed by atoms with van der Waals surface area (Å²) in [5, 5.41) is 2.85. The van der Waals surface area contributed by atoms with Gasteiger partial charge in [0.05, 0.1) is 12.6 Å². The smallest absolute Gasteiger partial charge is 0.410 e. The van der Waals surface area contributed by atoms with Crippen molar-refractivity contribution in [2.45, 2.75) is 58.8 Å². The summed E-state index contributed by atoms with van der Waals surface area (Å²) in [6.07, 6.45) is 0.452. The SMILES string of the molecule is CC(=O)N[C@@H](C)c1ccc(O[C@H]2CCN(C(=O)OC(C)(C)C)C2)cc1. The molecule has 1 aromatic carbocycles. The fraction of sp³-hybridized carbons (Fsp3) is 0.579. The zero-order valence-electron chi connectivity index (χ0n) is 15.7. The number of ether oxygens (including phenoxy) is 2. The van der Waals surface area contributed by atoms with Crippen LogP contribution in [0.5, 0.6) is 5.75 Å². The summed E-state index contributed by atoms with van der Waals surface area (Å²) in [6.45, 7) is 10.2. The summed E-state index contributed by atoms with van der Waals surface area (Å²) in [4.78, 5) is 24.9. The van der Waals surface area contributed by atoms with Gasteiger partial charge >= 0.3 is 6.09 Å². The Balaban J connectivity index is 1.87. The Bertz CT molecular complexity index is 607. The topological polar surface area (TPSA) is 67.9 Å². The molecule has 1 aromatic rings. The fourth-order valence-electron chi connectivity index (χ4n) is 2.73. The van der Waals surface area contributed by atoms with Crippen molar-refractivity contribution in [1.29, 1.82) is 0 Å². The second-order valence-electron chi connectivity index (χ2n) is 7.45. The molecule has 0 saturated carbocycles. The van der Waals surface area contributed by atoms with Crippen molar-refractivity contribution < 1.29 is 19.1 Å². The van der Waals surface area contributed by atoms with E-state index in [1.54, 1.807) is 4.90 Å². The van der Waals surface area contributed by atoms with Crippen LogP contribution in [0.1, 0.15) is 52.6 Å². The number of benzene rings is 1. The van der Waals surface area contributed by atoms with Crippen LogP contribution in [0.4, 0.5) is 4.79 Å². The zero-order valence-corrected chi connectivity index (χ0v) is 15.7. The first-order valence-electron chi connectivity index (χ1n) is 8.65. The molecule has 25 heavy (non-hydrogen) atoms. The largest absolute Gasteiger partial charge is 0.489 e. The maximum absolute atomic E-state index is 12.1. The first-order chi connectivity index (χ1) is 11.6. The van der Waals surface area contributed by atoms with E-state index in [1.165, 1.54) is 6.92 Å². The maximum atomic E-state index is 12.1. The second-order valence-corrected chi connectivity index (χ2v) is 7.45. The summed E-state index contributed by atoms with van der Waals surface area (Å²) in [7, 11) is 0. The zero-order chi connectivity index (χ0) is 18.6. The molecule has 0 radical (unpaired) electrons. The van der Waals surface area contributed by atoms with Crippen LogP contribution < -0.4 is 10.1 Å². The Morgan fingerprint density at radius 2 is 1.88 bits per heavy atom. The van der Waals surface area contributed by atoms with Crippen LogP contribution in [0.3, 0.4) is 0 Å². The first-order valence-corrected chi connectivity index (χ1v) is 8.65. The normalized spacial score (nSPS) is 18.6. The molecule has 0 bridgehead atoms. The number of likely N-dealkylation sites (tertiary alicyclic amines) is 1. The highest BCUT2D eigenvalue weighted by atomic mass is 16.6. The molecule has 0 aromatic heterocycles. The van der Waals surface area contributed by atoms with E-state index in [0.717, 1.165) is 17.7 Å². The summed E-state index contributed by atoms with van der Waals surface area (Å²) < 4.78 is 11.4. The molecule has 2 rings (SSSR count). The molecule has 2 atom stereocenters. The molecule has 0 aliphatic carbocycles. The Kier molecular flexibility index (Phi) is 5.93. The lowest BCUT2D eigenvalue weighted by molar-refractivity contribution is -0.119. The van der Waals surface area contributed by atoms with Gasteiger partial charge in [-0.05, 0) is 45.4 Å². The molecule has 6 nitrogen and oxygen atoms in total. The standard InChI is InChI=1S/C19H28N2O4/c1-13(20-14(2)22)15-6-8-16(9-7-15)24-17-10-11-21(12-17)18(23)25-19(3,4)5/h6-9,13,17H,10-12H2,1-5H3,(H,20,22)/t13-,17-/m0/s1. The number of hydrogen-bond donors (Lipinski definition) is 1. The first kappa shape index (κ1) is 19.1. The number of hydrogen-bond acceptors (Lipinski definition) is 4. The van der Waals surface area contributed by atoms with Crippen molar-refractivity contribution in [3.05, 3.63) is 29.8 Å². The molecule has 1 fully saturated rings. The predicted octanol–water partition coefficient (Wildman–Crippen LogP) is 3.27. The summed E-state index contributed by atoms with van der Waals surface area (Å²) in [6, 6.07) is 7.63. The van der Waals surface area contributed by atoms with Gasteiger partial charge in [-0.15, -0.1) is 0 Å². The van der Waals surface area contributed by atoms with Gasteiger partial charge in [-0.25, -0.2) is 4.79 Å². The third-order valence-electron chi connectivity index (χ3n) is 3.90. The highest BCUT2D eigenvalue weighted by Gasteiger charge is 2.30.